The molecule has 2 aromatic carbocycles. The van der Waals surface area contributed by atoms with Gasteiger partial charge in [0.1, 0.15) is 6.54 Å². The van der Waals surface area contributed by atoms with E-state index in [1.54, 1.807) is 17.6 Å². The van der Waals surface area contributed by atoms with Crippen LogP contribution in [0.15, 0.2) is 54.0 Å². The molecule has 6 heteroatoms. The zero-order valence-electron chi connectivity index (χ0n) is 13.2. The summed E-state index contributed by atoms with van der Waals surface area (Å²) in [5, 5.41) is 6.93. The van der Waals surface area contributed by atoms with E-state index in [4.69, 9.17) is 0 Å². The lowest BCUT2D eigenvalue weighted by atomic mass is 10.0. The number of rotatable bonds is 5. The Bertz CT molecular complexity index is 856. The van der Waals surface area contributed by atoms with Gasteiger partial charge in [0.2, 0.25) is 5.91 Å². The summed E-state index contributed by atoms with van der Waals surface area (Å²) in [6.07, 6.45) is 1.62. The molecule has 0 atom stereocenters. The van der Waals surface area contributed by atoms with Gasteiger partial charge in [-0.05, 0) is 23.8 Å². The summed E-state index contributed by atoms with van der Waals surface area (Å²) in [4.78, 5) is 30.6. The molecule has 3 aromatic rings. The molecule has 0 unspecified atom stereocenters. The smallest absolute Gasteiger partial charge is 0.254 e. The van der Waals surface area contributed by atoms with Gasteiger partial charge in [-0.2, -0.15) is 0 Å². The number of benzene rings is 2. The number of aromatic nitrogens is 1. The molecule has 0 saturated heterocycles. The molecule has 2 amide bonds. The Morgan fingerprint density at radius 1 is 1.17 bits per heavy atom. The number of likely N-dealkylation sites (N-methyl/N-ethyl adjacent to an activating group) is 1. The number of hydrogen-bond donors (Lipinski definition) is 1. The third-order valence-electron chi connectivity index (χ3n) is 3.70. The summed E-state index contributed by atoms with van der Waals surface area (Å²) in [5.41, 5.74) is 0.608. The Hall–Kier alpha value is -2.73. The van der Waals surface area contributed by atoms with E-state index in [9.17, 15) is 9.59 Å². The highest BCUT2D eigenvalue weighted by Gasteiger charge is 2.19. The van der Waals surface area contributed by atoms with E-state index in [0.29, 0.717) is 17.2 Å². The Balaban J connectivity index is 1.79. The first-order valence-electron chi connectivity index (χ1n) is 7.65. The van der Waals surface area contributed by atoms with E-state index in [0.717, 1.165) is 10.8 Å². The largest absolute Gasteiger partial charge is 0.330 e. The van der Waals surface area contributed by atoms with Crippen LogP contribution in [0.1, 0.15) is 17.3 Å². The first-order valence-corrected chi connectivity index (χ1v) is 8.53. The summed E-state index contributed by atoms with van der Waals surface area (Å²) in [6, 6.07) is 13.4. The standard InChI is InChI=1S/C18H17N3O2S/c1-2-21(12-16(22)20-18-19-10-11-24-18)17(23)15-9-5-7-13-6-3-4-8-14(13)15/h3-11H,2,12H2,1H3,(H,19,20,22). The summed E-state index contributed by atoms with van der Waals surface area (Å²) in [7, 11) is 0. The number of hydrogen-bond acceptors (Lipinski definition) is 4. The molecule has 0 aliphatic carbocycles. The van der Waals surface area contributed by atoms with Gasteiger partial charge in [-0.15, -0.1) is 11.3 Å². The van der Waals surface area contributed by atoms with Crippen molar-refractivity contribution in [1.82, 2.24) is 9.88 Å². The Morgan fingerprint density at radius 3 is 2.71 bits per heavy atom. The number of nitrogens with one attached hydrogen (secondary N) is 1. The highest BCUT2D eigenvalue weighted by Crippen LogP contribution is 2.20. The summed E-state index contributed by atoms with van der Waals surface area (Å²) in [6.45, 7) is 2.31. The second-order valence-electron chi connectivity index (χ2n) is 5.23. The van der Waals surface area contributed by atoms with Crippen molar-refractivity contribution < 1.29 is 9.59 Å². The fraction of sp³-hybridized carbons (Fsp3) is 0.167. The third-order valence-corrected chi connectivity index (χ3v) is 4.39. The molecule has 0 spiro atoms. The van der Waals surface area contributed by atoms with Crippen LogP contribution < -0.4 is 5.32 Å². The topological polar surface area (TPSA) is 62.3 Å². The highest BCUT2D eigenvalue weighted by molar-refractivity contribution is 7.13. The van der Waals surface area contributed by atoms with Gasteiger partial charge >= 0.3 is 0 Å². The van der Waals surface area contributed by atoms with Gasteiger partial charge in [0.25, 0.3) is 5.91 Å². The van der Waals surface area contributed by atoms with Crippen LogP contribution >= 0.6 is 11.3 Å². The van der Waals surface area contributed by atoms with Crippen LogP contribution in [0.3, 0.4) is 0 Å². The Morgan fingerprint density at radius 2 is 1.96 bits per heavy atom. The van der Waals surface area contributed by atoms with Gasteiger partial charge in [0.15, 0.2) is 5.13 Å². The molecule has 1 aromatic heterocycles. The molecule has 1 N–H and O–H groups in total. The fourth-order valence-electron chi connectivity index (χ4n) is 2.53. The molecule has 5 nitrogen and oxygen atoms in total. The molecule has 0 bridgehead atoms. The monoisotopic (exact) mass is 339 g/mol. The number of amides is 2. The zero-order chi connectivity index (χ0) is 16.9. The van der Waals surface area contributed by atoms with Crippen molar-refractivity contribution in [3.05, 3.63) is 59.6 Å². The molecule has 0 aliphatic heterocycles. The van der Waals surface area contributed by atoms with E-state index in [1.807, 2.05) is 43.3 Å². The lowest BCUT2D eigenvalue weighted by Crippen LogP contribution is -2.37. The van der Waals surface area contributed by atoms with Crippen molar-refractivity contribution in [2.45, 2.75) is 6.92 Å². The second-order valence-corrected chi connectivity index (χ2v) is 6.13. The van der Waals surface area contributed by atoms with Crippen LogP contribution in [0.4, 0.5) is 5.13 Å². The molecule has 122 valence electrons. The van der Waals surface area contributed by atoms with Gasteiger partial charge in [-0.3, -0.25) is 9.59 Å². The molecule has 3 rings (SSSR count). The summed E-state index contributed by atoms with van der Waals surface area (Å²) in [5.74, 6) is -0.399. The minimum Gasteiger partial charge on any atom is -0.330 e. The van der Waals surface area contributed by atoms with Crippen molar-refractivity contribution in [1.29, 1.82) is 0 Å². The van der Waals surface area contributed by atoms with Crippen molar-refractivity contribution in [3.8, 4) is 0 Å². The van der Waals surface area contributed by atoms with Crippen LogP contribution in [0.5, 0.6) is 0 Å². The fourth-order valence-corrected chi connectivity index (χ4v) is 3.07. The molecular formula is C18H17N3O2S. The maximum atomic E-state index is 12.9. The average molecular weight is 339 g/mol. The Labute approximate surface area is 143 Å². The molecule has 0 aliphatic rings. The molecule has 0 fully saturated rings. The maximum Gasteiger partial charge on any atom is 0.254 e. The normalized spacial score (nSPS) is 10.5. The number of nitrogens with zero attached hydrogens (tertiary/aromatic N) is 2. The number of thiazole rings is 1. The summed E-state index contributed by atoms with van der Waals surface area (Å²) < 4.78 is 0. The molecule has 0 radical (unpaired) electrons. The summed E-state index contributed by atoms with van der Waals surface area (Å²) >= 11 is 1.35. The van der Waals surface area contributed by atoms with Gasteiger partial charge in [-0.1, -0.05) is 36.4 Å². The van der Waals surface area contributed by atoms with Gasteiger partial charge in [-0.25, -0.2) is 4.98 Å². The Kier molecular flexibility index (Phi) is 4.86. The number of carbonyl (C=O) groups excluding carboxylic acids is 2. The van der Waals surface area contributed by atoms with E-state index in [1.165, 1.54) is 16.2 Å². The van der Waals surface area contributed by atoms with Crippen molar-refractivity contribution in [3.63, 3.8) is 0 Å². The number of anilines is 1. The van der Waals surface area contributed by atoms with Crippen LogP contribution in [-0.2, 0) is 4.79 Å². The van der Waals surface area contributed by atoms with E-state index in [2.05, 4.69) is 10.3 Å². The molecular weight excluding hydrogens is 322 g/mol. The minimum atomic E-state index is -0.250. The third kappa shape index (κ3) is 3.44. The number of carbonyl (C=O) groups is 2. The molecule has 1 heterocycles. The average Bonchev–Trinajstić information content (AvgIpc) is 3.11. The molecule has 24 heavy (non-hydrogen) atoms. The predicted molar refractivity (Wildman–Crippen MR) is 96.3 cm³/mol. The van der Waals surface area contributed by atoms with Gasteiger partial charge in [0, 0.05) is 23.7 Å². The van der Waals surface area contributed by atoms with Crippen LogP contribution in [0.25, 0.3) is 10.8 Å². The van der Waals surface area contributed by atoms with Crippen molar-refractivity contribution in [2.24, 2.45) is 0 Å². The van der Waals surface area contributed by atoms with Crippen molar-refractivity contribution >= 4 is 39.1 Å². The zero-order valence-corrected chi connectivity index (χ0v) is 14.0. The maximum absolute atomic E-state index is 12.9. The lowest BCUT2D eigenvalue weighted by molar-refractivity contribution is -0.116. The minimum absolute atomic E-state index is 0.00185. The van der Waals surface area contributed by atoms with Crippen LogP contribution in [0, 0.1) is 0 Å². The van der Waals surface area contributed by atoms with Crippen molar-refractivity contribution in [2.75, 3.05) is 18.4 Å². The first kappa shape index (κ1) is 16.1. The molecule has 0 saturated carbocycles. The van der Waals surface area contributed by atoms with Crippen LogP contribution in [-0.4, -0.2) is 34.8 Å². The predicted octanol–water partition coefficient (Wildman–Crippen LogP) is 3.40. The number of fused-ring (bicyclic) bond motifs is 1. The highest BCUT2D eigenvalue weighted by atomic mass is 32.1. The quantitative estimate of drug-likeness (QED) is 0.775. The van der Waals surface area contributed by atoms with E-state index in [-0.39, 0.29) is 18.4 Å². The first-order chi connectivity index (χ1) is 11.7. The van der Waals surface area contributed by atoms with Gasteiger partial charge in [0.05, 0.1) is 0 Å². The van der Waals surface area contributed by atoms with Crippen LogP contribution in [0.2, 0.25) is 0 Å². The van der Waals surface area contributed by atoms with E-state index < -0.39 is 0 Å². The lowest BCUT2D eigenvalue weighted by Gasteiger charge is -2.21. The second kappa shape index (κ2) is 7.23. The SMILES string of the molecule is CCN(CC(=O)Nc1nccs1)C(=O)c1cccc2ccccc12. The van der Waals surface area contributed by atoms with E-state index >= 15 is 0 Å². The van der Waals surface area contributed by atoms with Gasteiger partial charge < -0.3 is 10.2 Å².